The zero-order chi connectivity index (χ0) is 40.7. The van der Waals surface area contributed by atoms with Crippen LogP contribution in [0.2, 0.25) is 10.1 Å². The van der Waals surface area contributed by atoms with Gasteiger partial charge in [-0.3, -0.25) is 4.79 Å². The Morgan fingerprint density at radius 2 is 1.69 bits per heavy atom. The average molecular weight is 840 g/mol. The Balaban J connectivity index is 1.32. The van der Waals surface area contributed by atoms with Crippen molar-refractivity contribution in [3.8, 4) is 11.5 Å². The number of halogens is 1. The van der Waals surface area contributed by atoms with Crippen LogP contribution in [0.25, 0.3) is 0 Å². The molecule has 306 valence electrons. The van der Waals surface area contributed by atoms with E-state index >= 15 is 0 Å². The number of aryl methyl sites for hydroxylation is 1. The molecule has 58 heavy (non-hydrogen) atoms. The molecule has 4 aromatic rings. The minimum Gasteiger partial charge on any atom is -0.506 e. The van der Waals surface area contributed by atoms with E-state index < -0.39 is 29.7 Å². The Kier molecular flexibility index (Phi) is 11.3. The number of carbonyl (C=O) groups is 1. The summed E-state index contributed by atoms with van der Waals surface area (Å²) in [5.41, 5.74) is 2.62. The summed E-state index contributed by atoms with van der Waals surface area (Å²) in [5.74, 6) is 0.544. The maximum Gasteiger partial charge on any atom is 0.264 e. The Hall–Kier alpha value is -4.09. The summed E-state index contributed by atoms with van der Waals surface area (Å²) in [6.45, 7) is 8.24. The van der Waals surface area contributed by atoms with E-state index in [1.54, 1.807) is 6.07 Å². The van der Waals surface area contributed by atoms with E-state index in [-0.39, 0.29) is 34.1 Å². The number of carbonyl (C=O) groups excluding carboxylic acids is 1. The van der Waals surface area contributed by atoms with Crippen molar-refractivity contribution in [3.05, 3.63) is 125 Å². The van der Waals surface area contributed by atoms with Gasteiger partial charge in [0.1, 0.15) is 11.5 Å². The third kappa shape index (κ3) is 7.73. The van der Waals surface area contributed by atoms with Gasteiger partial charge in [0.05, 0.1) is 35.7 Å². The standard InChI is InChI=1S/C47H55ClN2O6SSi/c1-46(2,3)58(36-17-9-6-10-18-36,37-19-11-7-12-20-37)56-30-42-38-23-21-33(38)15-8-4-5-13-26-57(53,54)49-45(52)35-22-24-44-41(28-35)50(42)31-47(32-55-44)25-14-16-34-27-40(48)43(51)29-39(34)47/h4,6-12,17-20,22,24,27-29,33,38,42,51H,5,13-16,21,23,25-26,30-32H2,1-3H3,(H,49,52). The van der Waals surface area contributed by atoms with Crippen LogP contribution in [0, 0.1) is 11.8 Å². The number of phenols is 1. The van der Waals surface area contributed by atoms with Crippen molar-refractivity contribution in [1.82, 2.24) is 4.72 Å². The van der Waals surface area contributed by atoms with Crippen LogP contribution in [0.3, 0.4) is 0 Å². The van der Waals surface area contributed by atoms with Crippen LogP contribution in [-0.4, -0.2) is 59.3 Å². The molecule has 4 aromatic carbocycles. The lowest BCUT2D eigenvalue weighted by Crippen LogP contribution is -2.68. The van der Waals surface area contributed by atoms with Crippen molar-refractivity contribution in [2.24, 2.45) is 11.8 Å². The molecular formula is C47H55ClN2O6SSi. The molecule has 4 unspecified atom stereocenters. The van der Waals surface area contributed by atoms with Crippen LogP contribution in [0.1, 0.15) is 87.2 Å². The number of aromatic hydroxyl groups is 1. The van der Waals surface area contributed by atoms with Crippen LogP contribution in [0.5, 0.6) is 11.5 Å². The number of anilines is 1. The zero-order valence-electron chi connectivity index (χ0n) is 33.8. The van der Waals surface area contributed by atoms with Gasteiger partial charge in [0.25, 0.3) is 14.2 Å². The second-order valence-electron chi connectivity index (χ2n) is 17.8. The Labute approximate surface area is 349 Å². The summed E-state index contributed by atoms with van der Waals surface area (Å²) in [4.78, 5) is 16.2. The molecule has 2 N–H and O–H groups in total. The molecule has 1 amide bonds. The number of hydrogen-bond donors (Lipinski definition) is 2. The predicted molar refractivity (Wildman–Crippen MR) is 235 cm³/mol. The van der Waals surface area contributed by atoms with Crippen molar-refractivity contribution in [1.29, 1.82) is 0 Å². The van der Waals surface area contributed by atoms with Gasteiger partial charge in [-0.2, -0.15) is 0 Å². The summed E-state index contributed by atoms with van der Waals surface area (Å²) in [6, 6.07) is 30.3. The molecular weight excluding hydrogens is 784 g/mol. The van der Waals surface area contributed by atoms with Crippen molar-refractivity contribution in [2.45, 2.75) is 88.6 Å². The molecule has 8 nitrogen and oxygen atoms in total. The number of benzene rings is 4. The van der Waals surface area contributed by atoms with Gasteiger partial charge in [-0.1, -0.05) is 105 Å². The molecule has 0 radical (unpaired) electrons. The lowest BCUT2D eigenvalue weighted by Gasteiger charge is -2.51. The van der Waals surface area contributed by atoms with E-state index in [1.807, 2.05) is 24.3 Å². The maximum atomic E-state index is 13.8. The Bertz CT molecular complexity index is 2240. The molecule has 11 heteroatoms. The Morgan fingerprint density at radius 1 is 0.966 bits per heavy atom. The number of phenolic OH excluding ortho intramolecular Hbond substituents is 1. The molecule has 0 saturated heterocycles. The monoisotopic (exact) mass is 838 g/mol. The van der Waals surface area contributed by atoms with E-state index in [0.29, 0.717) is 49.3 Å². The van der Waals surface area contributed by atoms with Gasteiger partial charge in [0.15, 0.2) is 0 Å². The number of allylic oxidation sites excluding steroid dienone is 2. The number of nitrogens with one attached hydrogen (secondary N) is 1. The normalized spacial score (nSPS) is 24.7. The smallest absolute Gasteiger partial charge is 0.264 e. The highest BCUT2D eigenvalue weighted by Gasteiger charge is 2.53. The van der Waals surface area contributed by atoms with Crippen LogP contribution in [0.15, 0.2) is 103 Å². The predicted octanol–water partition coefficient (Wildman–Crippen LogP) is 8.29. The molecule has 1 saturated carbocycles. The van der Waals surface area contributed by atoms with Gasteiger partial charge in [0, 0.05) is 17.5 Å². The number of hydrogen-bond acceptors (Lipinski definition) is 7. The molecule has 2 aliphatic heterocycles. The highest BCUT2D eigenvalue weighted by Crippen LogP contribution is 2.50. The van der Waals surface area contributed by atoms with Crippen LogP contribution in [-0.2, 0) is 26.3 Å². The number of rotatable bonds is 5. The van der Waals surface area contributed by atoms with E-state index in [4.69, 9.17) is 20.8 Å². The van der Waals surface area contributed by atoms with Crippen molar-refractivity contribution >= 4 is 51.9 Å². The molecule has 2 heterocycles. The molecule has 2 bridgehead atoms. The molecule has 4 atom stereocenters. The lowest BCUT2D eigenvalue weighted by molar-refractivity contribution is 0.0980. The molecule has 0 aromatic heterocycles. The fourth-order valence-electron chi connectivity index (χ4n) is 10.2. The van der Waals surface area contributed by atoms with E-state index in [0.717, 1.165) is 55.3 Å². The summed E-state index contributed by atoms with van der Waals surface area (Å²) < 4.78 is 43.2. The second kappa shape index (κ2) is 16.2. The van der Waals surface area contributed by atoms with Crippen LogP contribution in [0.4, 0.5) is 5.69 Å². The molecule has 8 rings (SSSR count). The quantitative estimate of drug-likeness (QED) is 0.154. The maximum absolute atomic E-state index is 13.8. The van der Waals surface area contributed by atoms with Gasteiger partial charge < -0.3 is 19.2 Å². The average Bonchev–Trinajstić information content (AvgIpc) is 3.34. The zero-order valence-corrected chi connectivity index (χ0v) is 36.3. The first kappa shape index (κ1) is 40.7. The Morgan fingerprint density at radius 3 is 2.36 bits per heavy atom. The fraction of sp³-hybridized carbons (Fsp3) is 0.426. The van der Waals surface area contributed by atoms with Gasteiger partial charge in [-0.15, -0.1) is 0 Å². The highest BCUT2D eigenvalue weighted by atomic mass is 35.5. The molecule has 1 fully saturated rings. The summed E-state index contributed by atoms with van der Waals surface area (Å²) >= 11 is 6.52. The number of nitrogens with zero attached hydrogens (tertiary/aromatic N) is 1. The fourth-order valence-corrected chi connectivity index (χ4v) is 16.0. The SMILES string of the molecule is CC(C)(C)[Si](OCC1C2CCC2CC=CCCCS(=O)(=O)NC(=O)c2ccc3c(c2)N1CC1(CCCc2cc(Cl)c(O)cc21)CO3)(c1ccccc1)c1ccccc1. The lowest BCUT2D eigenvalue weighted by atomic mass is 9.66. The van der Waals surface area contributed by atoms with Crippen LogP contribution < -0.4 is 24.7 Å². The second-order valence-corrected chi connectivity index (χ2v) is 24.4. The summed E-state index contributed by atoms with van der Waals surface area (Å²) in [7, 11) is -6.84. The largest absolute Gasteiger partial charge is 0.506 e. The number of amides is 1. The third-order valence-electron chi connectivity index (χ3n) is 13.2. The minimum absolute atomic E-state index is 0.0500. The van der Waals surface area contributed by atoms with Crippen LogP contribution >= 0.6 is 11.6 Å². The third-order valence-corrected chi connectivity index (χ3v) is 19.9. The van der Waals surface area contributed by atoms with Crippen molar-refractivity contribution in [2.75, 3.05) is 30.4 Å². The minimum atomic E-state index is -3.85. The van der Waals surface area contributed by atoms with Crippen molar-refractivity contribution in [3.63, 3.8) is 0 Å². The number of sulfonamides is 1. The van der Waals surface area contributed by atoms with Gasteiger partial charge in [-0.25, -0.2) is 13.1 Å². The first-order valence-electron chi connectivity index (χ1n) is 20.8. The van der Waals surface area contributed by atoms with E-state index in [9.17, 15) is 18.3 Å². The van der Waals surface area contributed by atoms with Gasteiger partial charge >= 0.3 is 0 Å². The van der Waals surface area contributed by atoms with Gasteiger partial charge in [0.2, 0.25) is 10.0 Å². The molecule has 2 aliphatic carbocycles. The summed E-state index contributed by atoms with van der Waals surface area (Å²) in [6.07, 6.45) is 11.0. The number of ether oxygens (including phenoxy) is 1. The topological polar surface area (TPSA) is 105 Å². The van der Waals surface area contributed by atoms with E-state index in [2.05, 4.69) is 103 Å². The van der Waals surface area contributed by atoms with Crippen molar-refractivity contribution < 1.29 is 27.5 Å². The number of fused-ring (bicyclic) bond motifs is 4. The molecule has 4 aliphatic rings. The molecule has 1 spiro atoms. The highest BCUT2D eigenvalue weighted by molar-refractivity contribution is 7.90. The summed E-state index contributed by atoms with van der Waals surface area (Å²) in [5, 5.41) is 13.6. The van der Waals surface area contributed by atoms with E-state index in [1.165, 1.54) is 10.4 Å². The van der Waals surface area contributed by atoms with Gasteiger partial charge in [-0.05, 0) is 120 Å². The first-order chi connectivity index (χ1) is 27.8. The first-order valence-corrected chi connectivity index (χ1v) is 24.7.